The summed E-state index contributed by atoms with van der Waals surface area (Å²) in [6, 6.07) is 16.5. The average molecular weight is 397 g/mol. The van der Waals surface area contributed by atoms with Gasteiger partial charge in [0.1, 0.15) is 0 Å². The van der Waals surface area contributed by atoms with Gasteiger partial charge in [0.15, 0.2) is 0 Å². The Hall–Kier alpha value is -2.11. The van der Waals surface area contributed by atoms with Crippen molar-refractivity contribution in [2.45, 2.75) is 31.6 Å². The number of hydrogen-bond donors (Lipinski definition) is 1. The molecule has 1 atom stereocenters. The Kier molecular flexibility index (Phi) is 7.07. The highest BCUT2D eigenvalue weighted by Gasteiger charge is 2.18. The van der Waals surface area contributed by atoms with Gasteiger partial charge in [0, 0.05) is 23.0 Å². The first-order valence-electron chi connectivity index (χ1n) is 9.02. The Labute approximate surface area is 169 Å². The third kappa shape index (κ3) is 5.68. The van der Waals surface area contributed by atoms with Gasteiger partial charge < -0.3 is 5.32 Å². The van der Waals surface area contributed by atoms with E-state index in [1.165, 1.54) is 11.1 Å². The van der Waals surface area contributed by atoms with Crippen LogP contribution < -0.4 is 5.32 Å². The highest BCUT2D eigenvalue weighted by atomic mass is 32.2. The molecule has 3 nitrogen and oxygen atoms in total. The lowest BCUT2D eigenvalue weighted by Gasteiger charge is -2.19. The summed E-state index contributed by atoms with van der Waals surface area (Å²) < 4.78 is 0. The number of rotatable bonds is 8. The Morgan fingerprint density at radius 1 is 1.07 bits per heavy atom. The molecule has 0 fully saturated rings. The highest BCUT2D eigenvalue weighted by Crippen LogP contribution is 2.27. The van der Waals surface area contributed by atoms with Gasteiger partial charge in [-0.05, 0) is 46.2 Å². The van der Waals surface area contributed by atoms with Crippen molar-refractivity contribution in [1.82, 2.24) is 10.3 Å². The number of thioether (sulfide) groups is 1. The van der Waals surface area contributed by atoms with Gasteiger partial charge in [0.05, 0.1) is 11.8 Å². The molecule has 27 heavy (non-hydrogen) atoms. The van der Waals surface area contributed by atoms with Gasteiger partial charge in [-0.15, -0.1) is 23.1 Å². The molecule has 140 valence electrons. The van der Waals surface area contributed by atoms with Crippen LogP contribution in [0.15, 0.2) is 66.3 Å². The molecule has 1 aromatic carbocycles. The second-order valence-electron chi connectivity index (χ2n) is 6.69. The Balaban J connectivity index is 1.64. The molecule has 0 radical (unpaired) electrons. The lowest BCUT2D eigenvalue weighted by molar-refractivity contribution is -0.119. The van der Waals surface area contributed by atoms with Crippen molar-refractivity contribution in [3.05, 3.63) is 87.9 Å². The summed E-state index contributed by atoms with van der Waals surface area (Å²) in [5, 5.41) is 5.26. The normalized spacial score (nSPS) is 12.1. The summed E-state index contributed by atoms with van der Waals surface area (Å²) in [5.74, 6) is 1.80. The highest BCUT2D eigenvalue weighted by molar-refractivity contribution is 7.99. The zero-order valence-electron chi connectivity index (χ0n) is 15.6. The van der Waals surface area contributed by atoms with Crippen molar-refractivity contribution in [2.24, 2.45) is 0 Å². The van der Waals surface area contributed by atoms with E-state index in [4.69, 9.17) is 0 Å². The molecule has 0 spiro atoms. The van der Waals surface area contributed by atoms with Crippen LogP contribution in [-0.4, -0.2) is 16.6 Å². The summed E-state index contributed by atoms with van der Waals surface area (Å²) in [4.78, 5) is 17.7. The molecular formula is C22H24N2OS2. The van der Waals surface area contributed by atoms with Crippen molar-refractivity contribution < 1.29 is 4.79 Å². The number of aromatic nitrogens is 1. The number of carbonyl (C=O) groups is 1. The average Bonchev–Trinajstić information content (AvgIpc) is 3.21. The minimum absolute atomic E-state index is 0.0559. The van der Waals surface area contributed by atoms with Crippen LogP contribution in [0.4, 0.5) is 0 Å². The van der Waals surface area contributed by atoms with E-state index in [1.54, 1.807) is 35.5 Å². The molecule has 0 saturated carbocycles. The first kappa shape index (κ1) is 19.6. The SMILES string of the molecule is CC(C)c1ccc(C(NC(=O)CSCc2ccncc2)c2cccs2)cc1. The van der Waals surface area contributed by atoms with Crippen LogP contribution in [0.1, 0.15) is 47.4 Å². The molecule has 1 amide bonds. The number of nitrogens with zero attached hydrogens (tertiary/aromatic N) is 1. The molecule has 0 aliphatic carbocycles. The minimum atomic E-state index is -0.0970. The monoisotopic (exact) mass is 396 g/mol. The van der Waals surface area contributed by atoms with Crippen molar-refractivity contribution >= 4 is 29.0 Å². The Morgan fingerprint density at radius 2 is 1.78 bits per heavy atom. The number of pyridine rings is 1. The topological polar surface area (TPSA) is 42.0 Å². The molecule has 0 bridgehead atoms. The van der Waals surface area contributed by atoms with E-state index in [1.807, 2.05) is 18.2 Å². The predicted octanol–water partition coefficient (Wildman–Crippen LogP) is 5.41. The third-order valence-electron chi connectivity index (χ3n) is 4.32. The van der Waals surface area contributed by atoms with Gasteiger partial charge in [-0.1, -0.05) is 44.2 Å². The van der Waals surface area contributed by atoms with E-state index in [0.717, 1.165) is 16.2 Å². The van der Waals surface area contributed by atoms with Gasteiger partial charge in [-0.25, -0.2) is 0 Å². The fourth-order valence-electron chi connectivity index (χ4n) is 2.79. The van der Waals surface area contributed by atoms with Crippen LogP contribution in [0.2, 0.25) is 0 Å². The summed E-state index contributed by atoms with van der Waals surface area (Å²) in [6.07, 6.45) is 3.56. The summed E-state index contributed by atoms with van der Waals surface area (Å²) >= 11 is 3.29. The van der Waals surface area contributed by atoms with Gasteiger partial charge >= 0.3 is 0 Å². The Bertz CT molecular complexity index is 831. The number of nitrogens with one attached hydrogen (secondary N) is 1. The lowest BCUT2D eigenvalue weighted by atomic mass is 9.98. The van der Waals surface area contributed by atoms with E-state index < -0.39 is 0 Å². The van der Waals surface area contributed by atoms with E-state index >= 15 is 0 Å². The predicted molar refractivity (Wildman–Crippen MR) is 115 cm³/mol. The van der Waals surface area contributed by atoms with E-state index in [9.17, 15) is 4.79 Å². The lowest BCUT2D eigenvalue weighted by Crippen LogP contribution is -2.30. The maximum Gasteiger partial charge on any atom is 0.230 e. The summed E-state index contributed by atoms with van der Waals surface area (Å²) in [5.41, 5.74) is 3.61. The fraction of sp³-hybridized carbons (Fsp3) is 0.273. The maximum absolute atomic E-state index is 12.5. The number of benzene rings is 1. The first-order valence-corrected chi connectivity index (χ1v) is 11.1. The zero-order valence-corrected chi connectivity index (χ0v) is 17.2. The zero-order chi connectivity index (χ0) is 19.1. The van der Waals surface area contributed by atoms with Crippen molar-refractivity contribution in [3.63, 3.8) is 0 Å². The van der Waals surface area contributed by atoms with Crippen LogP contribution in [0.5, 0.6) is 0 Å². The summed E-state index contributed by atoms with van der Waals surface area (Å²) in [6.45, 7) is 4.38. The quantitative estimate of drug-likeness (QED) is 0.554. The summed E-state index contributed by atoms with van der Waals surface area (Å²) in [7, 11) is 0. The maximum atomic E-state index is 12.5. The molecule has 3 aromatic rings. The van der Waals surface area contributed by atoms with Crippen LogP contribution in [0, 0.1) is 0 Å². The molecule has 2 heterocycles. The van der Waals surface area contributed by atoms with E-state index in [0.29, 0.717) is 11.7 Å². The number of thiophene rings is 1. The van der Waals surface area contributed by atoms with Gasteiger partial charge in [-0.3, -0.25) is 9.78 Å². The molecule has 1 N–H and O–H groups in total. The number of amides is 1. The van der Waals surface area contributed by atoms with Gasteiger partial charge in [-0.2, -0.15) is 0 Å². The largest absolute Gasteiger partial charge is 0.344 e. The van der Waals surface area contributed by atoms with Crippen molar-refractivity contribution in [3.8, 4) is 0 Å². The molecular weight excluding hydrogens is 372 g/mol. The second kappa shape index (κ2) is 9.72. The standard InChI is InChI=1S/C22H24N2OS2/c1-16(2)18-5-7-19(8-6-18)22(20-4-3-13-27-20)24-21(25)15-26-14-17-9-11-23-12-10-17/h3-13,16,22H,14-15H2,1-2H3,(H,24,25). The van der Waals surface area contributed by atoms with Crippen LogP contribution in [-0.2, 0) is 10.5 Å². The third-order valence-corrected chi connectivity index (χ3v) is 6.26. The van der Waals surface area contributed by atoms with Crippen molar-refractivity contribution in [1.29, 1.82) is 0 Å². The van der Waals surface area contributed by atoms with Crippen LogP contribution >= 0.6 is 23.1 Å². The van der Waals surface area contributed by atoms with Gasteiger partial charge in [0.2, 0.25) is 5.91 Å². The minimum Gasteiger partial charge on any atom is -0.344 e. The molecule has 0 aliphatic heterocycles. The molecule has 1 unspecified atom stereocenters. The van der Waals surface area contributed by atoms with Gasteiger partial charge in [0.25, 0.3) is 0 Å². The number of hydrogen-bond acceptors (Lipinski definition) is 4. The molecule has 3 rings (SSSR count). The Morgan fingerprint density at radius 3 is 2.41 bits per heavy atom. The molecule has 0 aliphatic rings. The smallest absolute Gasteiger partial charge is 0.230 e. The second-order valence-corrected chi connectivity index (χ2v) is 8.65. The van der Waals surface area contributed by atoms with Crippen LogP contribution in [0.3, 0.4) is 0 Å². The molecule has 5 heteroatoms. The number of carbonyl (C=O) groups excluding carboxylic acids is 1. The fourth-order valence-corrected chi connectivity index (χ4v) is 4.39. The van der Waals surface area contributed by atoms with Crippen LogP contribution in [0.25, 0.3) is 0 Å². The molecule has 2 aromatic heterocycles. The van der Waals surface area contributed by atoms with E-state index in [2.05, 4.69) is 59.9 Å². The van der Waals surface area contributed by atoms with E-state index in [-0.39, 0.29) is 11.9 Å². The first-order chi connectivity index (χ1) is 13.1. The van der Waals surface area contributed by atoms with Crippen molar-refractivity contribution in [2.75, 3.05) is 5.75 Å². The molecule has 0 saturated heterocycles.